The lowest BCUT2D eigenvalue weighted by atomic mass is 10.1. The maximum atomic E-state index is 6.21. The summed E-state index contributed by atoms with van der Waals surface area (Å²) < 4.78 is 0.930. The molecule has 0 fully saturated rings. The van der Waals surface area contributed by atoms with Crippen LogP contribution in [0.1, 0.15) is 16.5 Å². The van der Waals surface area contributed by atoms with Crippen LogP contribution in [-0.2, 0) is 0 Å². The summed E-state index contributed by atoms with van der Waals surface area (Å²) in [5.41, 5.74) is 3.65. The normalized spacial score (nSPS) is 12.7. The highest BCUT2D eigenvalue weighted by Crippen LogP contribution is 2.36. The molecule has 2 rings (SSSR count). The van der Waals surface area contributed by atoms with E-state index in [0.29, 0.717) is 10.0 Å². The quantitative estimate of drug-likeness (QED) is 0.636. The molecule has 0 aliphatic rings. The highest BCUT2D eigenvalue weighted by atomic mass is 79.9. The highest BCUT2D eigenvalue weighted by Gasteiger charge is 2.19. The van der Waals surface area contributed by atoms with E-state index in [1.807, 2.05) is 29.6 Å². The van der Waals surface area contributed by atoms with Gasteiger partial charge in [-0.2, -0.15) is 0 Å². The summed E-state index contributed by atoms with van der Waals surface area (Å²) >= 11 is 17.2. The van der Waals surface area contributed by atoms with Gasteiger partial charge in [0.05, 0.1) is 11.1 Å². The van der Waals surface area contributed by atoms with E-state index in [1.165, 1.54) is 0 Å². The van der Waals surface area contributed by atoms with E-state index in [-0.39, 0.29) is 6.04 Å². The molecule has 2 nitrogen and oxygen atoms in total. The number of hydrogen-bond donors (Lipinski definition) is 2. The fraction of sp³-hybridized carbons (Fsp3) is 0.0909. The average molecular weight is 352 g/mol. The number of rotatable bonds is 3. The second kappa shape index (κ2) is 5.69. The van der Waals surface area contributed by atoms with E-state index in [1.54, 1.807) is 11.3 Å². The Balaban J connectivity index is 2.46. The Morgan fingerprint density at radius 2 is 2.00 bits per heavy atom. The van der Waals surface area contributed by atoms with Gasteiger partial charge < -0.3 is 0 Å². The smallest absolute Gasteiger partial charge is 0.0831 e. The predicted molar refractivity (Wildman–Crippen MR) is 77.6 cm³/mol. The molecule has 0 aliphatic carbocycles. The molecule has 6 heteroatoms. The van der Waals surface area contributed by atoms with Crippen molar-refractivity contribution in [3.05, 3.63) is 54.6 Å². The molecule has 0 saturated heterocycles. The van der Waals surface area contributed by atoms with Gasteiger partial charge in [0.1, 0.15) is 0 Å². The fourth-order valence-electron chi connectivity index (χ4n) is 1.55. The summed E-state index contributed by atoms with van der Waals surface area (Å²) in [5, 5.41) is 3.26. The summed E-state index contributed by atoms with van der Waals surface area (Å²) in [6.45, 7) is 0. The average Bonchev–Trinajstić information content (AvgIpc) is 2.69. The first-order chi connectivity index (χ1) is 8.13. The predicted octanol–water partition coefficient (Wildman–Crippen LogP) is 4.37. The molecule has 0 spiro atoms. The molecule has 1 aromatic heterocycles. The molecular formula is C11H9BrCl2N2S. The molecule has 3 N–H and O–H groups in total. The van der Waals surface area contributed by atoms with Crippen molar-refractivity contribution in [3.63, 3.8) is 0 Å². The number of thiophene rings is 1. The van der Waals surface area contributed by atoms with Gasteiger partial charge in [0.15, 0.2) is 0 Å². The molecule has 1 heterocycles. The zero-order valence-corrected chi connectivity index (χ0v) is 12.5. The molecule has 0 bridgehead atoms. The van der Waals surface area contributed by atoms with Gasteiger partial charge >= 0.3 is 0 Å². The van der Waals surface area contributed by atoms with Crippen molar-refractivity contribution in [2.75, 3.05) is 0 Å². The van der Waals surface area contributed by atoms with E-state index in [4.69, 9.17) is 29.0 Å². The summed E-state index contributed by atoms with van der Waals surface area (Å²) in [5.74, 6) is 5.60. The molecule has 1 aromatic carbocycles. The van der Waals surface area contributed by atoms with E-state index in [0.717, 1.165) is 14.9 Å². The van der Waals surface area contributed by atoms with Crippen LogP contribution in [0.2, 0.25) is 10.0 Å². The minimum Gasteiger partial charge on any atom is -0.271 e. The summed E-state index contributed by atoms with van der Waals surface area (Å²) in [7, 11) is 0. The zero-order valence-electron chi connectivity index (χ0n) is 8.58. The molecule has 2 aromatic rings. The van der Waals surface area contributed by atoms with Gasteiger partial charge in [0, 0.05) is 14.4 Å². The van der Waals surface area contributed by atoms with Gasteiger partial charge in [-0.05, 0) is 29.1 Å². The SMILES string of the molecule is NNC(c1ccc(Br)cc1Cl)c1sccc1Cl. The molecule has 90 valence electrons. The molecule has 0 amide bonds. The number of hydrazine groups is 1. The van der Waals surface area contributed by atoms with Gasteiger partial charge in [-0.25, -0.2) is 5.43 Å². The van der Waals surface area contributed by atoms with E-state index < -0.39 is 0 Å². The van der Waals surface area contributed by atoms with Crippen molar-refractivity contribution in [1.82, 2.24) is 5.43 Å². The summed E-state index contributed by atoms with van der Waals surface area (Å²) in [4.78, 5) is 0.957. The Kier molecular flexibility index (Phi) is 4.47. The van der Waals surface area contributed by atoms with Crippen molar-refractivity contribution >= 4 is 50.5 Å². The molecule has 0 radical (unpaired) electrons. The van der Waals surface area contributed by atoms with E-state index >= 15 is 0 Å². The van der Waals surface area contributed by atoms with Crippen LogP contribution in [0.4, 0.5) is 0 Å². The first kappa shape index (κ1) is 13.3. The van der Waals surface area contributed by atoms with Crippen molar-refractivity contribution in [1.29, 1.82) is 0 Å². The van der Waals surface area contributed by atoms with Gasteiger partial charge in [-0.1, -0.05) is 45.2 Å². The Bertz CT molecular complexity index is 530. The standard InChI is InChI=1S/C11H9BrCl2N2S/c12-6-1-2-7(9(14)5-6)10(16-15)11-8(13)3-4-17-11/h1-5,10,16H,15H2. The van der Waals surface area contributed by atoms with Gasteiger partial charge in [0.25, 0.3) is 0 Å². The minimum absolute atomic E-state index is 0.192. The lowest BCUT2D eigenvalue weighted by molar-refractivity contribution is 0.647. The number of nitrogens with one attached hydrogen (secondary N) is 1. The van der Waals surface area contributed by atoms with E-state index in [9.17, 15) is 0 Å². The Hall–Kier alpha value is -0.100. The highest BCUT2D eigenvalue weighted by molar-refractivity contribution is 9.10. The summed E-state index contributed by atoms with van der Waals surface area (Å²) in [6, 6.07) is 7.34. The van der Waals surface area contributed by atoms with Crippen molar-refractivity contribution in [2.24, 2.45) is 5.84 Å². The van der Waals surface area contributed by atoms with Gasteiger partial charge in [-0.3, -0.25) is 5.84 Å². The third-order valence-electron chi connectivity index (χ3n) is 2.35. The zero-order chi connectivity index (χ0) is 12.4. The first-order valence-corrected chi connectivity index (χ1v) is 7.20. The van der Waals surface area contributed by atoms with Crippen LogP contribution >= 0.6 is 50.5 Å². The number of halogens is 3. The second-order valence-electron chi connectivity index (χ2n) is 3.40. The van der Waals surface area contributed by atoms with Crippen LogP contribution in [0.15, 0.2) is 34.1 Å². The van der Waals surface area contributed by atoms with Crippen molar-refractivity contribution in [2.45, 2.75) is 6.04 Å². The Labute approximate surface area is 122 Å². The number of hydrogen-bond acceptors (Lipinski definition) is 3. The van der Waals surface area contributed by atoms with Gasteiger partial charge in [-0.15, -0.1) is 11.3 Å². The summed E-state index contributed by atoms with van der Waals surface area (Å²) in [6.07, 6.45) is 0. The van der Waals surface area contributed by atoms with Crippen molar-refractivity contribution in [3.8, 4) is 0 Å². The molecule has 0 saturated carbocycles. The Morgan fingerprint density at radius 3 is 2.53 bits per heavy atom. The topological polar surface area (TPSA) is 38.0 Å². The molecule has 1 unspecified atom stereocenters. The monoisotopic (exact) mass is 350 g/mol. The molecule has 1 atom stereocenters. The minimum atomic E-state index is -0.192. The van der Waals surface area contributed by atoms with Crippen LogP contribution in [-0.4, -0.2) is 0 Å². The van der Waals surface area contributed by atoms with E-state index in [2.05, 4.69) is 21.4 Å². The molecule has 17 heavy (non-hydrogen) atoms. The first-order valence-electron chi connectivity index (χ1n) is 4.77. The fourth-order valence-corrected chi connectivity index (χ4v) is 3.58. The molecular weight excluding hydrogens is 343 g/mol. The van der Waals surface area contributed by atoms with Crippen molar-refractivity contribution < 1.29 is 0 Å². The second-order valence-corrected chi connectivity index (χ2v) is 6.08. The molecule has 0 aliphatic heterocycles. The Morgan fingerprint density at radius 1 is 1.24 bits per heavy atom. The van der Waals surface area contributed by atoms with Crippen LogP contribution in [0.3, 0.4) is 0 Å². The third-order valence-corrected chi connectivity index (χ3v) is 4.59. The van der Waals surface area contributed by atoms with Crippen LogP contribution in [0, 0.1) is 0 Å². The largest absolute Gasteiger partial charge is 0.271 e. The third kappa shape index (κ3) is 2.84. The van der Waals surface area contributed by atoms with Crippen LogP contribution < -0.4 is 11.3 Å². The maximum Gasteiger partial charge on any atom is 0.0831 e. The van der Waals surface area contributed by atoms with Gasteiger partial charge in [0.2, 0.25) is 0 Å². The van der Waals surface area contributed by atoms with Crippen LogP contribution in [0.25, 0.3) is 0 Å². The maximum absolute atomic E-state index is 6.21. The van der Waals surface area contributed by atoms with Crippen LogP contribution in [0.5, 0.6) is 0 Å². The lowest BCUT2D eigenvalue weighted by Gasteiger charge is -2.17. The number of benzene rings is 1. The number of nitrogens with two attached hydrogens (primary N) is 1. The lowest BCUT2D eigenvalue weighted by Crippen LogP contribution is -2.28.